The van der Waals surface area contributed by atoms with E-state index in [0.717, 1.165) is 30.9 Å². The van der Waals surface area contributed by atoms with Gasteiger partial charge in [-0.25, -0.2) is 4.98 Å². The lowest BCUT2D eigenvalue weighted by Crippen LogP contribution is -2.30. The molecule has 84 valence electrons. The molecule has 2 N–H and O–H groups in total. The summed E-state index contributed by atoms with van der Waals surface area (Å²) in [6.07, 6.45) is 4.13. The first kappa shape index (κ1) is 10.1. The van der Waals surface area contributed by atoms with Crippen molar-refractivity contribution in [2.24, 2.45) is 5.73 Å². The van der Waals surface area contributed by atoms with Gasteiger partial charge in [0.1, 0.15) is 5.82 Å². The van der Waals surface area contributed by atoms with Gasteiger partial charge in [-0.2, -0.15) is 0 Å². The zero-order chi connectivity index (χ0) is 11.1. The zero-order valence-corrected chi connectivity index (χ0v) is 10.1. The lowest BCUT2D eigenvalue weighted by Gasteiger charge is -2.18. The molecule has 0 saturated heterocycles. The Bertz CT molecular complexity index is 512. The highest BCUT2D eigenvalue weighted by Gasteiger charge is 2.18. The first-order chi connectivity index (χ1) is 7.72. The van der Waals surface area contributed by atoms with Crippen LogP contribution in [0.15, 0.2) is 18.3 Å². The first-order valence-corrected chi connectivity index (χ1v) is 6.42. The number of nitrogens with zero attached hydrogens (tertiary/aromatic N) is 2. The Balaban J connectivity index is 1.98. The highest BCUT2D eigenvalue weighted by atomic mass is 32.1. The predicted molar refractivity (Wildman–Crippen MR) is 66.6 cm³/mol. The van der Waals surface area contributed by atoms with Crippen LogP contribution in [0.2, 0.25) is 0 Å². The van der Waals surface area contributed by atoms with Crippen molar-refractivity contribution in [1.29, 1.82) is 0 Å². The van der Waals surface area contributed by atoms with Crippen LogP contribution in [0.4, 0.5) is 0 Å². The number of rotatable bonds is 1. The second kappa shape index (κ2) is 3.71. The van der Waals surface area contributed by atoms with E-state index < -0.39 is 0 Å². The molecule has 3 nitrogen and oxygen atoms in total. The third kappa shape index (κ3) is 1.68. The molecule has 1 atom stereocenters. The molecule has 0 amide bonds. The van der Waals surface area contributed by atoms with E-state index in [9.17, 15) is 0 Å². The van der Waals surface area contributed by atoms with E-state index in [1.165, 1.54) is 9.75 Å². The van der Waals surface area contributed by atoms with E-state index in [2.05, 4.69) is 34.8 Å². The minimum Gasteiger partial charge on any atom is -0.334 e. The fraction of sp³-hybridized carbons (Fsp3) is 0.417. The van der Waals surface area contributed by atoms with Crippen LogP contribution in [0.1, 0.15) is 17.1 Å². The van der Waals surface area contributed by atoms with Gasteiger partial charge in [0.25, 0.3) is 0 Å². The van der Waals surface area contributed by atoms with Gasteiger partial charge in [0.15, 0.2) is 0 Å². The molecule has 16 heavy (non-hydrogen) atoms. The third-order valence-corrected chi connectivity index (χ3v) is 4.06. The molecule has 2 aromatic heterocycles. The summed E-state index contributed by atoms with van der Waals surface area (Å²) in [5.41, 5.74) is 7.05. The summed E-state index contributed by atoms with van der Waals surface area (Å²) in [7, 11) is 0. The number of hydrogen-bond acceptors (Lipinski definition) is 3. The van der Waals surface area contributed by atoms with Crippen LogP contribution in [0.5, 0.6) is 0 Å². The maximum Gasteiger partial charge on any atom is 0.110 e. The van der Waals surface area contributed by atoms with Crippen LogP contribution in [0, 0.1) is 6.92 Å². The molecule has 2 aromatic rings. The Morgan fingerprint density at radius 1 is 1.50 bits per heavy atom. The number of hydrogen-bond donors (Lipinski definition) is 1. The molecule has 0 aliphatic carbocycles. The lowest BCUT2D eigenvalue weighted by atomic mass is 10.1. The summed E-state index contributed by atoms with van der Waals surface area (Å²) in [6, 6.07) is 4.58. The SMILES string of the molecule is Cc1ccc(-c2cn3c(n2)CC(N)CC3)s1. The molecule has 3 rings (SSSR count). The highest BCUT2D eigenvalue weighted by Crippen LogP contribution is 2.28. The summed E-state index contributed by atoms with van der Waals surface area (Å²) in [5, 5.41) is 0. The third-order valence-electron chi connectivity index (χ3n) is 3.04. The Kier molecular flexibility index (Phi) is 2.33. The molecule has 0 bridgehead atoms. The summed E-state index contributed by atoms with van der Waals surface area (Å²) >= 11 is 1.80. The normalized spacial score (nSPS) is 19.8. The Hall–Kier alpha value is -1.13. The molecule has 0 spiro atoms. The van der Waals surface area contributed by atoms with Crippen molar-refractivity contribution in [2.75, 3.05) is 0 Å². The maximum absolute atomic E-state index is 5.95. The summed E-state index contributed by atoms with van der Waals surface area (Å²) < 4.78 is 2.24. The molecule has 0 saturated carbocycles. The van der Waals surface area contributed by atoms with Crippen molar-refractivity contribution < 1.29 is 0 Å². The van der Waals surface area contributed by atoms with E-state index in [1.54, 1.807) is 11.3 Å². The summed E-state index contributed by atoms with van der Waals surface area (Å²) in [5.74, 6) is 1.14. The molecule has 0 aromatic carbocycles. The fourth-order valence-electron chi connectivity index (χ4n) is 2.14. The van der Waals surface area contributed by atoms with E-state index in [1.807, 2.05) is 0 Å². The van der Waals surface area contributed by atoms with E-state index in [4.69, 9.17) is 5.73 Å². The predicted octanol–water partition coefficient (Wildman–Crippen LogP) is 2.19. The minimum absolute atomic E-state index is 0.285. The van der Waals surface area contributed by atoms with Crippen molar-refractivity contribution in [1.82, 2.24) is 9.55 Å². The van der Waals surface area contributed by atoms with Gasteiger partial charge in [0, 0.05) is 30.1 Å². The van der Waals surface area contributed by atoms with Crippen molar-refractivity contribution in [3.63, 3.8) is 0 Å². The van der Waals surface area contributed by atoms with Gasteiger partial charge < -0.3 is 10.3 Å². The smallest absolute Gasteiger partial charge is 0.110 e. The van der Waals surface area contributed by atoms with Crippen LogP contribution in [0.3, 0.4) is 0 Å². The van der Waals surface area contributed by atoms with Gasteiger partial charge in [-0.05, 0) is 25.5 Å². The molecule has 1 unspecified atom stereocenters. The Morgan fingerprint density at radius 3 is 3.12 bits per heavy atom. The van der Waals surface area contributed by atoms with Crippen LogP contribution in [-0.4, -0.2) is 15.6 Å². The number of nitrogens with two attached hydrogens (primary N) is 1. The lowest BCUT2D eigenvalue weighted by molar-refractivity contribution is 0.463. The van der Waals surface area contributed by atoms with Gasteiger partial charge in [0.2, 0.25) is 0 Å². The largest absolute Gasteiger partial charge is 0.334 e. The molecule has 0 fully saturated rings. The average Bonchev–Trinajstić information content (AvgIpc) is 2.83. The summed E-state index contributed by atoms with van der Waals surface area (Å²) in [4.78, 5) is 7.27. The van der Waals surface area contributed by atoms with Crippen LogP contribution < -0.4 is 5.73 Å². The molecular formula is C12H15N3S. The minimum atomic E-state index is 0.285. The van der Waals surface area contributed by atoms with Gasteiger partial charge in [-0.3, -0.25) is 0 Å². The van der Waals surface area contributed by atoms with Crippen molar-refractivity contribution >= 4 is 11.3 Å². The van der Waals surface area contributed by atoms with Crippen LogP contribution in [-0.2, 0) is 13.0 Å². The molecule has 3 heterocycles. The number of aryl methyl sites for hydroxylation is 2. The Morgan fingerprint density at radius 2 is 2.38 bits per heavy atom. The summed E-state index contributed by atoms with van der Waals surface area (Å²) in [6.45, 7) is 3.13. The van der Waals surface area contributed by atoms with Crippen LogP contribution >= 0.6 is 11.3 Å². The van der Waals surface area contributed by atoms with Crippen molar-refractivity contribution in [2.45, 2.75) is 32.4 Å². The standard InChI is InChI=1S/C12H15N3S/c1-8-2-3-11(16-8)10-7-15-5-4-9(13)6-12(15)14-10/h2-3,7,9H,4-6,13H2,1H3. The number of aromatic nitrogens is 2. The maximum atomic E-state index is 5.95. The van der Waals surface area contributed by atoms with E-state index in [0.29, 0.717) is 0 Å². The number of fused-ring (bicyclic) bond motifs is 1. The fourth-order valence-corrected chi connectivity index (χ4v) is 2.97. The van der Waals surface area contributed by atoms with E-state index >= 15 is 0 Å². The van der Waals surface area contributed by atoms with Gasteiger partial charge in [-0.1, -0.05) is 0 Å². The van der Waals surface area contributed by atoms with Crippen molar-refractivity contribution in [3.8, 4) is 10.6 Å². The molecule has 4 heteroatoms. The number of thiophene rings is 1. The number of imidazole rings is 1. The van der Waals surface area contributed by atoms with Gasteiger partial charge in [0.05, 0.1) is 10.6 Å². The highest BCUT2D eigenvalue weighted by molar-refractivity contribution is 7.15. The zero-order valence-electron chi connectivity index (χ0n) is 9.31. The van der Waals surface area contributed by atoms with Gasteiger partial charge >= 0.3 is 0 Å². The molecular weight excluding hydrogens is 218 g/mol. The second-order valence-corrected chi connectivity index (χ2v) is 5.69. The second-order valence-electron chi connectivity index (χ2n) is 4.40. The molecule has 1 aliphatic rings. The first-order valence-electron chi connectivity index (χ1n) is 5.61. The molecule has 1 aliphatic heterocycles. The topological polar surface area (TPSA) is 43.8 Å². The van der Waals surface area contributed by atoms with Crippen molar-refractivity contribution in [3.05, 3.63) is 29.0 Å². The van der Waals surface area contributed by atoms with E-state index in [-0.39, 0.29) is 6.04 Å². The average molecular weight is 233 g/mol. The molecule has 0 radical (unpaired) electrons. The van der Waals surface area contributed by atoms with Crippen LogP contribution in [0.25, 0.3) is 10.6 Å². The Labute approximate surface area is 98.9 Å². The monoisotopic (exact) mass is 233 g/mol. The van der Waals surface area contributed by atoms with Gasteiger partial charge in [-0.15, -0.1) is 11.3 Å². The quantitative estimate of drug-likeness (QED) is 0.820.